The van der Waals surface area contributed by atoms with E-state index in [0.29, 0.717) is 33.7 Å². The second-order valence-corrected chi connectivity index (χ2v) is 8.11. The molecule has 0 saturated carbocycles. The Morgan fingerprint density at radius 3 is 2.92 bits per heavy atom. The van der Waals surface area contributed by atoms with Gasteiger partial charge in [-0.25, -0.2) is 4.79 Å². The van der Waals surface area contributed by atoms with Crippen molar-refractivity contribution in [2.45, 2.75) is 38.6 Å². The first kappa shape index (κ1) is 19.0. The molecule has 0 aliphatic heterocycles. The number of aliphatic carboxylic acids is 1. The summed E-state index contributed by atoms with van der Waals surface area (Å²) in [7, 11) is 0. The molecule has 1 aliphatic rings. The first-order valence-corrected chi connectivity index (χ1v) is 10.3. The van der Waals surface area contributed by atoms with Crippen LogP contribution in [0.15, 0.2) is 18.2 Å². The molecule has 0 saturated heterocycles. The van der Waals surface area contributed by atoms with E-state index in [1.165, 1.54) is 0 Å². The lowest BCUT2D eigenvalue weighted by Crippen LogP contribution is -2.41. The first-order chi connectivity index (χ1) is 12.5. The highest BCUT2D eigenvalue weighted by Gasteiger charge is 2.27. The fourth-order valence-electron chi connectivity index (χ4n) is 3.33. The maximum atomic E-state index is 13.0. The minimum Gasteiger partial charge on any atom is -0.480 e. The van der Waals surface area contributed by atoms with Gasteiger partial charge < -0.3 is 10.4 Å². The number of carboxylic acids is 1. The summed E-state index contributed by atoms with van der Waals surface area (Å²) >= 11 is 7.79. The molecule has 2 aromatic rings. The Labute approximate surface area is 161 Å². The maximum absolute atomic E-state index is 13.0. The zero-order chi connectivity index (χ0) is 18.7. The maximum Gasteiger partial charge on any atom is 0.326 e. The summed E-state index contributed by atoms with van der Waals surface area (Å²) < 4.78 is 0. The summed E-state index contributed by atoms with van der Waals surface area (Å²) in [5.41, 5.74) is 3.09. The Morgan fingerprint density at radius 2 is 2.19 bits per heavy atom. The summed E-state index contributed by atoms with van der Waals surface area (Å²) in [5, 5.41) is 13.4. The van der Waals surface area contributed by atoms with Crippen LogP contribution in [0.5, 0.6) is 0 Å². The predicted octanol–water partition coefficient (Wildman–Crippen LogP) is 3.70. The van der Waals surface area contributed by atoms with Gasteiger partial charge in [0, 0.05) is 16.1 Å². The Bertz CT molecular complexity index is 856. The number of thioether (sulfide) groups is 1. The molecule has 0 bridgehead atoms. The summed E-state index contributed by atoms with van der Waals surface area (Å²) in [5.74, 6) is 0.241. The summed E-state index contributed by atoms with van der Waals surface area (Å²) in [6.07, 6.45) is 2.95. The molecule has 7 heteroatoms. The molecule has 1 aromatic heterocycles. The van der Waals surface area contributed by atoms with Crippen LogP contribution in [-0.4, -0.2) is 39.5 Å². The van der Waals surface area contributed by atoms with Crippen LogP contribution in [0.3, 0.4) is 0 Å². The number of carbonyl (C=O) groups excluding carboxylic acids is 1. The molecule has 138 valence electrons. The zero-order valence-corrected chi connectivity index (χ0v) is 16.1. The van der Waals surface area contributed by atoms with Gasteiger partial charge in [0.1, 0.15) is 6.04 Å². The number of rotatable bonds is 7. The molecule has 1 unspecified atom stereocenters. The van der Waals surface area contributed by atoms with Gasteiger partial charge in [-0.3, -0.25) is 9.78 Å². The molecule has 1 aliphatic carbocycles. The Balaban J connectivity index is 1.96. The summed E-state index contributed by atoms with van der Waals surface area (Å²) in [6, 6.07) is 4.39. The van der Waals surface area contributed by atoms with Gasteiger partial charge in [0.05, 0.1) is 11.1 Å². The third kappa shape index (κ3) is 3.96. The van der Waals surface area contributed by atoms with Crippen LogP contribution in [-0.2, 0) is 17.6 Å². The number of nitrogens with one attached hydrogen (secondary N) is 1. The fourth-order valence-corrected chi connectivity index (χ4v) is 4.19. The van der Waals surface area contributed by atoms with E-state index >= 15 is 0 Å². The largest absolute Gasteiger partial charge is 0.480 e. The first-order valence-electron chi connectivity index (χ1n) is 8.73. The topological polar surface area (TPSA) is 79.3 Å². The Hall–Kier alpha value is -1.79. The molecule has 2 N–H and O–H groups in total. The van der Waals surface area contributed by atoms with Gasteiger partial charge in [-0.1, -0.05) is 18.5 Å². The van der Waals surface area contributed by atoms with E-state index in [1.54, 1.807) is 30.0 Å². The van der Waals surface area contributed by atoms with Crippen molar-refractivity contribution in [1.29, 1.82) is 0 Å². The lowest BCUT2D eigenvalue weighted by Gasteiger charge is -2.17. The van der Waals surface area contributed by atoms with E-state index < -0.39 is 12.0 Å². The molecule has 1 heterocycles. The average molecular weight is 393 g/mol. The highest BCUT2D eigenvalue weighted by molar-refractivity contribution is 7.99. The van der Waals surface area contributed by atoms with Crippen LogP contribution in [0.1, 0.15) is 41.4 Å². The van der Waals surface area contributed by atoms with E-state index in [0.717, 1.165) is 36.3 Å². The molecule has 1 aromatic carbocycles. The van der Waals surface area contributed by atoms with Crippen LogP contribution in [0.2, 0.25) is 5.02 Å². The molecule has 26 heavy (non-hydrogen) atoms. The number of fused-ring (bicyclic) bond motifs is 2. The van der Waals surface area contributed by atoms with Crippen molar-refractivity contribution in [1.82, 2.24) is 10.3 Å². The van der Waals surface area contributed by atoms with E-state index in [4.69, 9.17) is 11.6 Å². The highest BCUT2D eigenvalue weighted by Crippen LogP contribution is 2.31. The fraction of sp³-hybridized carbons (Fsp3) is 0.421. The van der Waals surface area contributed by atoms with E-state index in [2.05, 4.69) is 10.3 Å². The average Bonchev–Trinajstić information content (AvgIpc) is 3.06. The molecule has 0 radical (unpaired) electrons. The second-order valence-electron chi connectivity index (χ2n) is 6.28. The van der Waals surface area contributed by atoms with Gasteiger partial charge in [-0.05, 0) is 61.0 Å². The number of carboxylic acid groups (broad SMARTS) is 1. The molecular formula is C19H21ClN2O3S. The number of hydrogen-bond acceptors (Lipinski definition) is 4. The van der Waals surface area contributed by atoms with E-state index in [-0.39, 0.29) is 5.91 Å². The van der Waals surface area contributed by atoms with Crippen molar-refractivity contribution in [3.8, 4) is 0 Å². The Morgan fingerprint density at radius 1 is 1.38 bits per heavy atom. The number of nitrogens with zero attached hydrogens (tertiary/aromatic N) is 1. The SMILES string of the molecule is CCSCCC(NC(=O)c1c2c(nc3ccc(Cl)cc13)CCC2)C(=O)O. The molecule has 0 spiro atoms. The predicted molar refractivity (Wildman–Crippen MR) is 105 cm³/mol. The van der Waals surface area contributed by atoms with Crippen LogP contribution >= 0.6 is 23.4 Å². The van der Waals surface area contributed by atoms with E-state index in [9.17, 15) is 14.7 Å². The number of pyridine rings is 1. The molecule has 0 fully saturated rings. The van der Waals surface area contributed by atoms with Gasteiger partial charge in [0.15, 0.2) is 0 Å². The standard InChI is InChI=1S/C19H21ClN2O3S/c1-2-26-9-8-16(19(24)25)22-18(23)17-12-4-3-5-14(12)21-15-7-6-11(20)10-13(15)17/h6-7,10,16H,2-5,8-9H2,1H3,(H,22,23)(H,24,25). The third-order valence-corrected chi connectivity index (χ3v) is 5.73. The van der Waals surface area contributed by atoms with Crippen LogP contribution < -0.4 is 5.32 Å². The summed E-state index contributed by atoms with van der Waals surface area (Å²) in [4.78, 5) is 29.2. The van der Waals surface area contributed by atoms with Gasteiger partial charge >= 0.3 is 5.97 Å². The van der Waals surface area contributed by atoms with E-state index in [1.807, 2.05) is 6.92 Å². The van der Waals surface area contributed by atoms with Gasteiger partial charge in [0.2, 0.25) is 0 Å². The molecule has 1 atom stereocenters. The number of aromatic nitrogens is 1. The molecular weight excluding hydrogens is 372 g/mol. The second kappa shape index (κ2) is 8.27. The monoisotopic (exact) mass is 392 g/mol. The lowest BCUT2D eigenvalue weighted by atomic mass is 10.00. The van der Waals surface area contributed by atoms with Crippen molar-refractivity contribution >= 4 is 46.1 Å². The zero-order valence-electron chi connectivity index (χ0n) is 14.5. The van der Waals surface area contributed by atoms with Crippen molar-refractivity contribution in [3.05, 3.63) is 40.0 Å². The van der Waals surface area contributed by atoms with Gasteiger partial charge in [-0.15, -0.1) is 0 Å². The van der Waals surface area contributed by atoms with Gasteiger partial charge in [0.25, 0.3) is 5.91 Å². The minimum absolute atomic E-state index is 0.355. The quantitative estimate of drug-likeness (QED) is 0.702. The molecule has 5 nitrogen and oxygen atoms in total. The molecule has 3 rings (SSSR count). The van der Waals surface area contributed by atoms with Crippen LogP contribution in [0.25, 0.3) is 10.9 Å². The van der Waals surface area contributed by atoms with Crippen LogP contribution in [0, 0.1) is 0 Å². The number of benzene rings is 1. The lowest BCUT2D eigenvalue weighted by molar-refractivity contribution is -0.139. The Kier molecular flexibility index (Phi) is 6.04. The number of hydrogen-bond donors (Lipinski definition) is 2. The van der Waals surface area contributed by atoms with Gasteiger partial charge in [-0.2, -0.15) is 11.8 Å². The number of carbonyl (C=O) groups is 2. The van der Waals surface area contributed by atoms with Crippen molar-refractivity contribution in [3.63, 3.8) is 0 Å². The summed E-state index contributed by atoms with van der Waals surface area (Å²) in [6.45, 7) is 2.02. The normalized spacial score (nSPS) is 14.2. The number of aryl methyl sites for hydroxylation is 1. The number of amides is 1. The molecule has 1 amide bonds. The van der Waals surface area contributed by atoms with Crippen molar-refractivity contribution < 1.29 is 14.7 Å². The highest BCUT2D eigenvalue weighted by atomic mass is 35.5. The number of halogens is 1. The smallest absolute Gasteiger partial charge is 0.326 e. The minimum atomic E-state index is -1.01. The third-order valence-electron chi connectivity index (χ3n) is 4.56. The van der Waals surface area contributed by atoms with Crippen molar-refractivity contribution in [2.24, 2.45) is 0 Å². The van der Waals surface area contributed by atoms with Crippen molar-refractivity contribution in [2.75, 3.05) is 11.5 Å². The van der Waals surface area contributed by atoms with Crippen LogP contribution in [0.4, 0.5) is 0 Å².